The lowest BCUT2D eigenvalue weighted by molar-refractivity contribution is -0.573. The molecule has 9 rings (SSSR count). The smallest absolute Gasteiger partial charge is 0.0833 e. The number of hydrogen-bond acceptors (Lipinski definition) is 7. The fraction of sp³-hybridized carbons (Fsp3) is 0.300. The Balaban J connectivity index is 1.25. The van der Waals surface area contributed by atoms with Crippen LogP contribution in [0.3, 0.4) is 0 Å². The van der Waals surface area contributed by atoms with Crippen molar-refractivity contribution < 1.29 is 14.5 Å². The Morgan fingerprint density at radius 3 is 0.843 bits per heavy atom. The van der Waals surface area contributed by atoms with Crippen LogP contribution in [-0.2, 0) is 55.3 Å². The molecule has 10 heteroatoms. The SMILES string of the molecule is Cn1c(-c2ccccc2CN(OC(C)(C)C)N(N(Cc2ccccc2-c2cc3ccccc3n2C)OC(C)(C)C)N(Cc2ccccc2-c2cc3ccccc3n2C)OC(C)(C)C)cc2ccccc21. The number of rotatable bonds is 15. The zero-order valence-corrected chi connectivity index (χ0v) is 43.1. The van der Waals surface area contributed by atoms with Crippen LogP contribution in [0.2, 0.25) is 0 Å². The van der Waals surface area contributed by atoms with Crippen LogP contribution >= 0.6 is 0 Å². The van der Waals surface area contributed by atoms with Gasteiger partial charge < -0.3 is 13.7 Å². The molecule has 0 bridgehead atoms. The predicted molar refractivity (Wildman–Crippen MR) is 286 cm³/mol. The van der Waals surface area contributed by atoms with E-state index in [1.165, 1.54) is 32.7 Å². The number of hydrazine groups is 3. The van der Waals surface area contributed by atoms with E-state index in [4.69, 9.17) is 14.5 Å². The first-order valence-electron chi connectivity index (χ1n) is 24.4. The molecular formula is C60H69N7O3. The van der Waals surface area contributed by atoms with Gasteiger partial charge in [-0.2, -0.15) is 0 Å². The maximum atomic E-state index is 7.30. The Hall–Kier alpha value is -6.34. The third-order valence-corrected chi connectivity index (χ3v) is 12.4. The van der Waals surface area contributed by atoms with E-state index < -0.39 is 16.8 Å². The van der Waals surface area contributed by atoms with Crippen molar-refractivity contribution in [3.05, 3.63) is 180 Å². The first kappa shape index (κ1) is 48.7. The van der Waals surface area contributed by atoms with Gasteiger partial charge in [-0.25, -0.2) is 0 Å². The van der Waals surface area contributed by atoms with Crippen molar-refractivity contribution in [3.63, 3.8) is 0 Å². The largest absolute Gasteiger partial charge is 0.344 e. The van der Waals surface area contributed by atoms with Crippen LogP contribution in [0.4, 0.5) is 0 Å². The van der Waals surface area contributed by atoms with Crippen LogP contribution in [0, 0.1) is 0 Å². The van der Waals surface area contributed by atoms with Gasteiger partial charge in [0.25, 0.3) is 0 Å². The summed E-state index contributed by atoms with van der Waals surface area (Å²) in [6.07, 6.45) is 0. The molecule has 362 valence electrons. The second-order valence-electron chi connectivity index (χ2n) is 21.3. The van der Waals surface area contributed by atoms with E-state index in [1.54, 1.807) is 0 Å². The van der Waals surface area contributed by atoms with Gasteiger partial charge in [-0.1, -0.05) is 143 Å². The summed E-state index contributed by atoms with van der Waals surface area (Å²) in [5, 5.41) is 11.3. The Labute approximate surface area is 414 Å². The monoisotopic (exact) mass is 936 g/mol. The molecule has 0 unspecified atom stereocenters. The van der Waals surface area contributed by atoms with Crippen LogP contribution in [0.25, 0.3) is 66.5 Å². The van der Waals surface area contributed by atoms with Gasteiger partial charge in [0.15, 0.2) is 0 Å². The van der Waals surface area contributed by atoms with Crippen molar-refractivity contribution in [2.75, 3.05) is 0 Å². The molecule has 3 aromatic heterocycles. The molecule has 0 spiro atoms. The van der Waals surface area contributed by atoms with Crippen molar-refractivity contribution in [2.45, 2.75) is 98.8 Å². The van der Waals surface area contributed by atoms with Crippen molar-refractivity contribution in [1.82, 2.24) is 34.4 Å². The van der Waals surface area contributed by atoms with E-state index in [9.17, 15) is 0 Å². The number of fused-ring (bicyclic) bond motifs is 3. The van der Waals surface area contributed by atoms with Gasteiger partial charge in [0.2, 0.25) is 0 Å². The molecule has 70 heavy (non-hydrogen) atoms. The first-order chi connectivity index (χ1) is 33.3. The molecule has 0 aliphatic rings. The van der Waals surface area contributed by atoms with Crippen molar-refractivity contribution in [2.24, 2.45) is 21.1 Å². The number of hydroxylamine groups is 3. The highest BCUT2D eigenvalue weighted by Crippen LogP contribution is 2.37. The maximum absolute atomic E-state index is 7.30. The second-order valence-corrected chi connectivity index (χ2v) is 21.3. The summed E-state index contributed by atoms with van der Waals surface area (Å²) in [5.74, 6) is 0. The maximum Gasteiger partial charge on any atom is 0.0833 e. The van der Waals surface area contributed by atoms with E-state index in [0.29, 0.717) is 19.6 Å². The predicted octanol–water partition coefficient (Wildman–Crippen LogP) is 14.2. The van der Waals surface area contributed by atoms with Crippen LogP contribution in [0.5, 0.6) is 0 Å². The average Bonchev–Trinajstić information content (AvgIpc) is 3.95. The molecule has 0 aliphatic heterocycles. The molecule has 3 heterocycles. The molecule has 0 N–H and O–H groups in total. The first-order valence-corrected chi connectivity index (χ1v) is 24.4. The average molecular weight is 936 g/mol. The highest BCUT2D eigenvalue weighted by atomic mass is 16.9. The minimum atomic E-state index is -0.671. The van der Waals surface area contributed by atoms with E-state index >= 15 is 0 Å². The molecule has 0 saturated heterocycles. The number of aryl methyl sites for hydroxylation is 3. The van der Waals surface area contributed by atoms with Crippen LogP contribution in [0.1, 0.15) is 79.0 Å². The quantitative estimate of drug-likeness (QED) is 0.0949. The number of hydrogen-bond donors (Lipinski definition) is 0. The van der Waals surface area contributed by atoms with E-state index in [0.717, 1.165) is 50.5 Å². The fourth-order valence-corrected chi connectivity index (χ4v) is 9.48. The lowest BCUT2D eigenvalue weighted by Crippen LogP contribution is -2.63. The Kier molecular flexibility index (Phi) is 13.5. The van der Waals surface area contributed by atoms with Gasteiger partial charge in [0.1, 0.15) is 0 Å². The number of para-hydroxylation sites is 3. The van der Waals surface area contributed by atoms with Crippen LogP contribution in [0.15, 0.2) is 164 Å². The summed E-state index contributed by atoms with van der Waals surface area (Å²) in [6.45, 7) is 19.7. The summed E-state index contributed by atoms with van der Waals surface area (Å²) in [6, 6.07) is 58.3. The summed E-state index contributed by atoms with van der Waals surface area (Å²) in [5.41, 5.74) is 11.3. The summed E-state index contributed by atoms with van der Waals surface area (Å²) < 4.78 is 6.83. The van der Waals surface area contributed by atoms with E-state index in [-0.39, 0.29) is 0 Å². The molecule has 0 amide bonds. The molecule has 9 aromatic rings. The van der Waals surface area contributed by atoms with Gasteiger partial charge in [-0.05, 0) is 121 Å². The van der Waals surface area contributed by atoms with Crippen LogP contribution < -0.4 is 0 Å². The lowest BCUT2D eigenvalue weighted by atomic mass is 10.0. The van der Waals surface area contributed by atoms with Crippen molar-refractivity contribution >= 4 is 32.7 Å². The molecule has 0 aliphatic carbocycles. The topological polar surface area (TPSA) is 55.4 Å². The zero-order valence-electron chi connectivity index (χ0n) is 43.1. The zero-order chi connectivity index (χ0) is 49.5. The molecule has 0 fully saturated rings. The number of nitrogens with zero attached hydrogens (tertiary/aromatic N) is 7. The summed E-state index contributed by atoms with van der Waals surface area (Å²) in [7, 11) is 6.42. The van der Waals surface area contributed by atoms with E-state index in [1.807, 2.05) is 20.7 Å². The van der Waals surface area contributed by atoms with Crippen molar-refractivity contribution in [3.8, 4) is 33.8 Å². The van der Waals surface area contributed by atoms with Gasteiger partial charge in [-0.3, -0.25) is 14.5 Å². The molecule has 6 aromatic carbocycles. The van der Waals surface area contributed by atoms with Gasteiger partial charge in [-0.15, -0.1) is 0 Å². The number of benzene rings is 6. The summed E-state index contributed by atoms with van der Waals surface area (Å²) >= 11 is 0. The Morgan fingerprint density at radius 1 is 0.343 bits per heavy atom. The third-order valence-electron chi connectivity index (χ3n) is 12.4. The van der Waals surface area contributed by atoms with Gasteiger partial charge in [0, 0.05) is 87.6 Å². The Morgan fingerprint density at radius 2 is 0.586 bits per heavy atom. The summed E-state index contributed by atoms with van der Waals surface area (Å²) in [4.78, 5) is 21.9. The number of aromatic nitrogens is 3. The molecule has 0 radical (unpaired) electrons. The molecule has 0 saturated carbocycles. The molecular weight excluding hydrogens is 867 g/mol. The van der Waals surface area contributed by atoms with E-state index in [2.05, 4.69) is 261 Å². The standard InChI is InChI=1S/C60H69N7O3/c1-58(2,3)68-64(40-46-28-13-19-31-49(46)55-37-43-25-16-22-34-52(43)61(55)10)67(65(69-59(4,5)6)41-47-29-14-20-32-50(47)56-38-44-26-17-23-35-53(44)62(56)11)66(70-60(7,8)9)42-48-30-15-21-33-51(48)57-39-45-27-18-24-36-54(45)63(57)12/h13-39H,40-42H2,1-12H3. The third kappa shape index (κ3) is 10.5. The molecule has 0 atom stereocenters. The minimum absolute atomic E-state index is 0.318. The minimum Gasteiger partial charge on any atom is -0.344 e. The molecule has 10 nitrogen and oxygen atoms in total. The van der Waals surface area contributed by atoms with Gasteiger partial charge in [0.05, 0.1) is 36.4 Å². The second kappa shape index (κ2) is 19.5. The van der Waals surface area contributed by atoms with Crippen molar-refractivity contribution in [1.29, 1.82) is 0 Å². The lowest BCUT2D eigenvalue weighted by Gasteiger charge is -2.49. The fourth-order valence-electron chi connectivity index (χ4n) is 9.48. The Bertz CT molecular complexity index is 2920. The van der Waals surface area contributed by atoms with Crippen LogP contribution in [-0.4, -0.2) is 51.2 Å². The highest BCUT2D eigenvalue weighted by molar-refractivity contribution is 5.89. The normalized spacial score (nSPS) is 12.9. The van der Waals surface area contributed by atoms with Gasteiger partial charge >= 0.3 is 0 Å². The highest BCUT2D eigenvalue weighted by Gasteiger charge is 2.39.